The molecule has 14 heavy (non-hydrogen) atoms. The molecule has 0 aliphatic heterocycles. The molecule has 0 N–H and O–H groups in total. The second-order valence-electron chi connectivity index (χ2n) is 2.73. The molecule has 0 saturated heterocycles. The van der Waals surface area contributed by atoms with Crippen LogP contribution in [0.3, 0.4) is 0 Å². The zero-order valence-corrected chi connectivity index (χ0v) is 9.15. The summed E-state index contributed by atoms with van der Waals surface area (Å²) in [6.07, 6.45) is 0. The number of fused-ring (bicyclic) bond motifs is 1. The summed E-state index contributed by atoms with van der Waals surface area (Å²) in [6, 6.07) is 7.84. The Hall–Kier alpha value is -1.18. The maximum Gasteiger partial charge on any atom is 0.136 e. The van der Waals surface area contributed by atoms with Gasteiger partial charge < -0.3 is 4.74 Å². The van der Waals surface area contributed by atoms with Crippen LogP contribution < -0.4 is 4.74 Å². The van der Waals surface area contributed by atoms with Crippen molar-refractivity contribution in [1.82, 2.24) is 0 Å². The maximum atomic E-state index is 8.85. The Labute approximate surface area is 91.1 Å². The van der Waals surface area contributed by atoms with E-state index in [9.17, 15) is 0 Å². The highest BCUT2D eigenvalue weighted by Crippen LogP contribution is 2.38. The van der Waals surface area contributed by atoms with Crippen molar-refractivity contribution in [2.24, 2.45) is 0 Å². The number of ether oxygens (including phenoxy) is 1. The fraction of sp³-hybridized carbons (Fsp3) is 0.100. The molecular weight excluding hydrogens is 214 g/mol. The first-order valence-corrected chi connectivity index (χ1v) is 5.23. The lowest BCUT2D eigenvalue weighted by molar-refractivity contribution is 0.420. The second kappa shape index (κ2) is 3.52. The lowest BCUT2D eigenvalue weighted by atomic mass is 10.2. The summed E-state index contributed by atoms with van der Waals surface area (Å²) in [4.78, 5) is 1.37. The van der Waals surface area contributed by atoms with E-state index in [0.717, 1.165) is 20.7 Å². The number of benzene rings is 1. The van der Waals surface area contributed by atoms with Gasteiger partial charge in [0.25, 0.3) is 0 Å². The van der Waals surface area contributed by atoms with Crippen molar-refractivity contribution < 1.29 is 4.74 Å². The van der Waals surface area contributed by atoms with Crippen LogP contribution in [0.25, 0.3) is 10.1 Å². The van der Waals surface area contributed by atoms with Crippen molar-refractivity contribution in [1.29, 1.82) is 5.26 Å². The number of rotatable bonds is 1. The van der Waals surface area contributed by atoms with E-state index in [0.29, 0.717) is 4.88 Å². The maximum absolute atomic E-state index is 8.85. The van der Waals surface area contributed by atoms with Gasteiger partial charge >= 0.3 is 0 Å². The number of methoxy groups -OCH3 is 1. The Kier molecular flexibility index (Phi) is 2.36. The second-order valence-corrected chi connectivity index (χ2v) is 4.20. The van der Waals surface area contributed by atoms with Gasteiger partial charge in [0.05, 0.1) is 11.8 Å². The highest BCUT2D eigenvalue weighted by molar-refractivity contribution is 7.80. The molecule has 0 atom stereocenters. The van der Waals surface area contributed by atoms with Crippen LogP contribution in [0, 0.1) is 11.3 Å². The molecule has 1 heterocycles. The molecule has 4 heteroatoms. The molecule has 0 spiro atoms. The number of nitriles is 1. The number of thiophene rings is 1. The van der Waals surface area contributed by atoms with E-state index in [2.05, 4.69) is 18.7 Å². The average molecular weight is 221 g/mol. The highest BCUT2D eigenvalue weighted by Gasteiger charge is 2.11. The third-order valence-electron chi connectivity index (χ3n) is 1.97. The molecule has 1 aromatic heterocycles. The van der Waals surface area contributed by atoms with Gasteiger partial charge in [-0.2, -0.15) is 5.26 Å². The summed E-state index contributed by atoms with van der Waals surface area (Å²) in [5, 5.41) is 9.83. The van der Waals surface area contributed by atoms with E-state index in [1.807, 2.05) is 18.2 Å². The van der Waals surface area contributed by atoms with Crippen molar-refractivity contribution in [2.45, 2.75) is 4.90 Å². The quantitative estimate of drug-likeness (QED) is 0.751. The Morgan fingerprint density at radius 2 is 2.29 bits per heavy atom. The smallest absolute Gasteiger partial charge is 0.136 e. The van der Waals surface area contributed by atoms with Crippen molar-refractivity contribution in [2.75, 3.05) is 7.11 Å². The lowest BCUT2D eigenvalue weighted by Gasteiger charge is -1.99. The minimum absolute atomic E-state index is 0.632. The fourth-order valence-corrected chi connectivity index (χ4v) is 2.75. The zero-order chi connectivity index (χ0) is 10.1. The summed E-state index contributed by atoms with van der Waals surface area (Å²) in [5.74, 6) is 0.796. The highest BCUT2D eigenvalue weighted by atomic mass is 32.1. The monoisotopic (exact) mass is 221 g/mol. The van der Waals surface area contributed by atoms with Gasteiger partial charge in [0.2, 0.25) is 0 Å². The standard InChI is InChI=1S/C10H7NOS2/c1-12-7-4-2-3-6-9(13)8(5-11)14-10(6)7/h2-4,13H,1H3. The van der Waals surface area contributed by atoms with E-state index >= 15 is 0 Å². The van der Waals surface area contributed by atoms with Gasteiger partial charge in [-0.05, 0) is 6.07 Å². The van der Waals surface area contributed by atoms with Gasteiger partial charge in [-0.3, -0.25) is 0 Å². The normalized spacial score (nSPS) is 10.1. The molecule has 1 aromatic carbocycles. The molecule has 2 nitrogen and oxygen atoms in total. The van der Waals surface area contributed by atoms with Gasteiger partial charge in [-0.15, -0.1) is 24.0 Å². The van der Waals surface area contributed by atoms with Crippen LogP contribution in [0.4, 0.5) is 0 Å². The third kappa shape index (κ3) is 1.26. The molecule has 0 aliphatic carbocycles. The topological polar surface area (TPSA) is 33.0 Å². The first-order chi connectivity index (χ1) is 6.77. The molecule has 0 radical (unpaired) electrons. The Morgan fingerprint density at radius 3 is 2.93 bits per heavy atom. The summed E-state index contributed by atoms with van der Waals surface area (Å²) in [5.41, 5.74) is 0. The summed E-state index contributed by atoms with van der Waals surface area (Å²) in [7, 11) is 1.62. The van der Waals surface area contributed by atoms with Crippen LogP contribution >= 0.6 is 24.0 Å². The zero-order valence-electron chi connectivity index (χ0n) is 7.44. The molecule has 0 amide bonds. The van der Waals surface area contributed by atoms with Gasteiger partial charge in [-0.1, -0.05) is 12.1 Å². The molecule has 0 unspecified atom stereocenters. The molecule has 2 rings (SSSR count). The third-order valence-corrected chi connectivity index (χ3v) is 3.72. The van der Waals surface area contributed by atoms with Crippen LogP contribution in [0.1, 0.15) is 4.88 Å². The van der Waals surface area contributed by atoms with Crippen molar-refractivity contribution in [3.8, 4) is 11.8 Å². The van der Waals surface area contributed by atoms with Crippen LogP contribution in [-0.2, 0) is 0 Å². The number of nitrogens with zero attached hydrogens (tertiary/aromatic N) is 1. The lowest BCUT2D eigenvalue weighted by Crippen LogP contribution is -1.80. The van der Waals surface area contributed by atoms with E-state index in [-0.39, 0.29) is 0 Å². The predicted octanol–water partition coefficient (Wildman–Crippen LogP) is 3.07. The summed E-state index contributed by atoms with van der Waals surface area (Å²) in [6.45, 7) is 0. The van der Waals surface area contributed by atoms with Crippen LogP contribution in [0.15, 0.2) is 23.1 Å². The molecule has 0 saturated carbocycles. The van der Waals surface area contributed by atoms with Gasteiger partial charge in [0.15, 0.2) is 0 Å². The van der Waals surface area contributed by atoms with E-state index < -0.39 is 0 Å². The molecule has 0 aliphatic rings. The largest absolute Gasteiger partial charge is 0.495 e. The number of hydrogen-bond acceptors (Lipinski definition) is 4. The molecule has 2 aromatic rings. The first-order valence-electron chi connectivity index (χ1n) is 3.96. The van der Waals surface area contributed by atoms with Crippen molar-refractivity contribution in [3.05, 3.63) is 23.1 Å². The minimum atomic E-state index is 0.632. The average Bonchev–Trinajstić information content (AvgIpc) is 2.55. The Bertz CT molecular complexity index is 525. The van der Waals surface area contributed by atoms with Gasteiger partial charge in [-0.25, -0.2) is 0 Å². The number of thiol groups is 1. The number of hydrogen-bond donors (Lipinski definition) is 1. The van der Waals surface area contributed by atoms with Crippen LogP contribution in [-0.4, -0.2) is 7.11 Å². The summed E-state index contributed by atoms with van der Waals surface area (Å²) >= 11 is 5.73. The Morgan fingerprint density at radius 1 is 1.50 bits per heavy atom. The van der Waals surface area contributed by atoms with Crippen LogP contribution in [0.2, 0.25) is 0 Å². The van der Waals surface area contributed by atoms with Crippen LogP contribution in [0.5, 0.6) is 5.75 Å². The van der Waals surface area contributed by atoms with E-state index in [1.54, 1.807) is 7.11 Å². The molecular formula is C10H7NOS2. The fourth-order valence-electron chi connectivity index (χ4n) is 1.32. The van der Waals surface area contributed by atoms with Crippen molar-refractivity contribution in [3.63, 3.8) is 0 Å². The first kappa shape index (κ1) is 9.38. The predicted molar refractivity (Wildman–Crippen MR) is 60.3 cm³/mol. The van der Waals surface area contributed by atoms with E-state index in [1.165, 1.54) is 11.3 Å². The minimum Gasteiger partial charge on any atom is -0.495 e. The van der Waals surface area contributed by atoms with Gasteiger partial charge in [0.1, 0.15) is 16.7 Å². The molecule has 70 valence electrons. The van der Waals surface area contributed by atoms with E-state index in [4.69, 9.17) is 10.00 Å². The van der Waals surface area contributed by atoms with Crippen molar-refractivity contribution >= 4 is 34.1 Å². The molecule has 0 bridgehead atoms. The Balaban J connectivity index is 2.85. The SMILES string of the molecule is COc1cccc2c(S)c(C#N)sc12. The molecule has 0 fully saturated rings. The van der Waals surface area contributed by atoms with Gasteiger partial charge in [0, 0.05) is 10.3 Å². The summed E-state index contributed by atoms with van der Waals surface area (Å²) < 4.78 is 6.19.